The molecular weight excluding hydrogens is 434 g/mol. The summed E-state index contributed by atoms with van der Waals surface area (Å²) >= 11 is 6.08. The van der Waals surface area contributed by atoms with E-state index in [1.54, 1.807) is 0 Å². The van der Waals surface area contributed by atoms with E-state index in [0.717, 1.165) is 42.8 Å². The van der Waals surface area contributed by atoms with Crippen LogP contribution in [-0.4, -0.2) is 39.0 Å². The second-order valence-electron chi connectivity index (χ2n) is 9.06. The molecule has 0 amide bonds. The van der Waals surface area contributed by atoms with Gasteiger partial charge in [-0.3, -0.25) is 4.90 Å². The van der Waals surface area contributed by atoms with Gasteiger partial charge < -0.3 is 9.84 Å². The Balaban J connectivity index is 1.96. The number of benzene rings is 2. The van der Waals surface area contributed by atoms with Crippen LogP contribution in [0.15, 0.2) is 54.6 Å². The van der Waals surface area contributed by atoms with Crippen molar-refractivity contribution in [2.75, 3.05) is 13.1 Å². The fraction of sp³-hybridized carbons (Fsp3) is 0.444. The molecule has 1 N–H and O–H groups in total. The number of aliphatic hydroxyl groups excluding tert-OH is 1. The molecule has 3 aromatic rings. The number of rotatable bonds is 12. The largest absolute Gasteiger partial charge is 0.439 e. The van der Waals surface area contributed by atoms with Crippen molar-refractivity contribution >= 4 is 11.6 Å². The van der Waals surface area contributed by atoms with Gasteiger partial charge in [-0.25, -0.2) is 4.68 Å². The lowest BCUT2D eigenvalue weighted by molar-refractivity contribution is 0.0927. The number of hydrogen-bond donors (Lipinski definition) is 1. The summed E-state index contributed by atoms with van der Waals surface area (Å²) in [6.45, 7) is 10.8. The van der Waals surface area contributed by atoms with Gasteiger partial charge in [-0.2, -0.15) is 5.10 Å². The molecule has 0 aliphatic rings. The van der Waals surface area contributed by atoms with Crippen molar-refractivity contribution in [1.82, 2.24) is 14.7 Å². The molecule has 0 radical (unpaired) electrons. The first-order valence-corrected chi connectivity index (χ1v) is 12.2. The predicted molar refractivity (Wildman–Crippen MR) is 135 cm³/mol. The zero-order valence-electron chi connectivity index (χ0n) is 20.2. The first-order valence-electron chi connectivity index (χ1n) is 11.8. The highest BCUT2D eigenvalue weighted by Crippen LogP contribution is 2.32. The molecule has 0 saturated carbocycles. The molecule has 33 heavy (non-hydrogen) atoms. The van der Waals surface area contributed by atoms with Crippen molar-refractivity contribution in [2.45, 2.75) is 59.6 Å². The highest BCUT2D eigenvalue weighted by molar-refractivity contribution is 6.30. The first-order chi connectivity index (χ1) is 15.9. The average Bonchev–Trinajstić information content (AvgIpc) is 3.09. The molecule has 3 rings (SSSR count). The molecule has 2 aromatic carbocycles. The molecule has 0 spiro atoms. The van der Waals surface area contributed by atoms with Gasteiger partial charge in [-0.1, -0.05) is 63.4 Å². The van der Waals surface area contributed by atoms with Crippen LogP contribution >= 0.6 is 11.6 Å². The molecule has 0 aliphatic carbocycles. The summed E-state index contributed by atoms with van der Waals surface area (Å²) in [6, 6.07) is 17.4. The van der Waals surface area contributed by atoms with Crippen LogP contribution in [0, 0.1) is 12.8 Å². The molecule has 1 unspecified atom stereocenters. The maximum absolute atomic E-state index is 10.6. The van der Waals surface area contributed by atoms with E-state index < -0.39 is 0 Å². The Labute approximate surface area is 203 Å². The van der Waals surface area contributed by atoms with Crippen LogP contribution in [0.25, 0.3) is 5.69 Å². The molecule has 1 aromatic heterocycles. The number of para-hydroxylation sites is 1. The number of nitrogens with zero attached hydrogens (tertiary/aromatic N) is 3. The molecule has 0 bridgehead atoms. The van der Waals surface area contributed by atoms with Gasteiger partial charge in [0.2, 0.25) is 5.88 Å². The number of halogens is 1. The molecule has 5 nitrogen and oxygen atoms in total. The van der Waals surface area contributed by atoms with Gasteiger partial charge in [-0.15, -0.1) is 0 Å². The van der Waals surface area contributed by atoms with E-state index in [0.29, 0.717) is 35.7 Å². The van der Waals surface area contributed by atoms with Crippen molar-refractivity contribution < 1.29 is 9.84 Å². The normalized spacial score (nSPS) is 12.5. The van der Waals surface area contributed by atoms with Crippen LogP contribution < -0.4 is 4.74 Å². The second kappa shape index (κ2) is 12.2. The number of hydrogen-bond acceptors (Lipinski definition) is 4. The third-order valence-corrected chi connectivity index (χ3v) is 5.78. The smallest absolute Gasteiger partial charge is 0.227 e. The van der Waals surface area contributed by atoms with Crippen molar-refractivity contribution in [2.24, 2.45) is 5.92 Å². The van der Waals surface area contributed by atoms with E-state index >= 15 is 0 Å². The molecule has 1 heterocycles. The lowest BCUT2D eigenvalue weighted by atomic mass is 10.1. The summed E-state index contributed by atoms with van der Waals surface area (Å²) in [7, 11) is 0. The van der Waals surface area contributed by atoms with Crippen molar-refractivity contribution in [3.05, 3.63) is 70.9 Å². The molecule has 6 heteroatoms. The van der Waals surface area contributed by atoms with E-state index in [4.69, 9.17) is 21.4 Å². The Hall–Kier alpha value is -2.34. The Morgan fingerprint density at radius 1 is 1.06 bits per heavy atom. The molecule has 178 valence electrons. The lowest BCUT2D eigenvalue weighted by Crippen LogP contribution is -2.35. The Morgan fingerprint density at radius 3 is 2.39 bits per heavy atom. The third kappa shape index (κ3) is 7.32. The van der Waals surface area contributed by atoms with Gasteiger partial charge in [0.05, 0.1) is 23.0 Å². The standard InChI is InChI=1S/C27H36ClN3O2/c1-5-6-12-24(32)18-30(17-20(2)3)19-26-21(4)29-31(23-10-8-7-9-11-23)27(26)33-25-15-13-22(28)14-16-25/h7-11,13-16,20,24,32H,5-6,12,17-19H2,1-4H3. The molecule has 1 atom stereocenters. The van der Waals surface area contributed by atoms with Crippen molar-refractivity contribution in [3.63, 3.8) is 0 Å². The second-order valence-corrected chi connectivity index (χ2v) is 9.49. The lowest BCUT2D eigenvalue weighted by Gasteiger charge is -2.27. The number of ether oxygens (including phenoxy) is 1. The quantitative estimate of drug-likeness (QED) is 0.323. The predicted octanol–water partition coefficient (Wildman–Crippen LogP) is 6.64. The molecular formula is C27H36ClN3O2. The SMILES string of the molecule is CCCCC(O)CN(Cc1c(C)nn(-c2ccccc2)c1Oc1ccc(Cl)cc1)CC(C)C. The summed E-state index contributed by atoms with van der Waals surface area (Å²) in [5.41, 5.74) is 2.88. The Morgan fingerprint density at radius 2 is 1.76 bits per heavy atom. The highest BCUT2D eigenvalue weighted by atomic mass is 35.5. The Bertz CT molecular complexity index is 987. The number of aliphatic hydroxyl groups is 1. The van der Waals surface area contributed by atoms with E-state index in [-0.39, 0.29) is 6.10 Å². The highest BCUT2D eigenvalue weighted by Gasteiger charge is 2.23. The van der Waals surface area contributed by atoms with Crippen LogP contribution in [0.1, 0.15) is 51.3 Å². The van der Waals surface area contributed by atoms with Gasteiger partial charge in [0.15, 0.2) is 0 Å². The van der Waals surface area contributed by atoms with Crippen molar-refractivity contribution in [3.8, 4) is 17.3 Å². The summed E-state index contributed by atoms with van der Waals surface area (Å²) in [5.74, 6) is 1.88. The topological polar surface area (TPSA) is 50.5 Å². The van der Waals surface area contributed by atoms with Crippen molar-refractivity contribution in [1.29, 1.82) is 0 Å². The number of aromatic nitrogens is 2. The third-order valence-electron chi connectivity index (χ3n) is 5.53. The van der Waals surface area contributed by atoms with Gasteiger partial charge in [-0.05, 0) is 55.7 Å². The van der Waals surface area contributed by atoms with E-state index in [1.807, 2.05) is 66.2 Å². The number of unbranched alkanes of at least 4 members (excludes halogenated alkanes) is 1. The average molecular weight is 470 g/mol. The van der Waals surface area contributed by atoms with Gasteiger partial charge in [0.1, 0.15) is 5.75 Å². The van der Waals surface area contributed by atoms with E-state index in [9.17, 15) is 5.11 Å². The van der Waals surface area contributed by atoms with Gasteiger partial charge in [0, 0.05) is 24.7 Å². The minimum absolute atomic E-state index is 0.339. The van der Waals surface area contributed by atoms with Crippen LogP contribution in [0.2, 0.25) is 5.02 Å². The minimum Gasteiger partial charge on any atom is -0.439 e. The maximum atomic E-state index is 10.6. The summed E-state index contributed by atoms with van der Waals surface area (Å²) < 4.78 is 8.26. The number of aryl methyl sites for hydroxylation is 1. The first kappa shape index (κ1) is 25.3. The Kier molecular flexibility index (Phi) is 9.36. The monoisotopic (exact) mass is 469 g/mol. The molecule has 0 aliphatic heterocycles. The van der Waals surface area contributed by atoms with Crippen LogP contribution in [-0.2, 0) is 6.54 Å². The van der Waals surface area contributed by atoms with Crippen LogP contribution in [0.5, 0.6) is 11.6 Å². The fourth-order valence-corrected chi connectivity index (χ4v) is 4.08. The zero-order valence-corrected chi connectivity index (χ0v) is 20.9. The zero-order chi connectivity index (χ0) is 23.8. The fourth-order valence-electron chi connectivity index (χ4n) is 3.96. The molecule has 0 fully saturated rings. The van der Waals surface area contributed by atoms with Gasteiger partial charge >= 0.3 is 0 Å². The maximum Gasteiger partial charge on any atom is 0.227 e. The summed E-state index contributed by atoms with van der Waals surface area (Å²) in [4.78, 5) is 2.32. The minimum atomic E-state index is -0.339. The van der Waals surface area contributed by atoms with Crippen LogP contribution in [0.3, 0.4) is 0 Å². The summed E-state index contributed by atoms with van der Waals surface area (Å²) in [6.07, 6.45) is 2.60. The summed E-state index contributed by atoms with van der Waals surface area (Å²) in [5, 5.41) is 16.1. The van der Waals surface area contributed by atoms with E-state index in [1.165, 1.54) is 0 Å². The molecule has 0 saturated heterocycles. The van der Waals surface area contributed by atoms with Gasteiger partial charge in [0.25, 0.3) is 0 Å². The van der Waals surface area contributed by atoms with Crippen LogP contribution in [0.4, 0.5) is 0 Å². The van der Waals surface area contributed by atoms with E-state index in [2.05, 4.69) is 25.7 Å².